The van der Waals surface area contributed by atoms with Gasteiger partial charge in [0.25, 0.3) is 0 Å². The van der Waals surface area contributed by atoms with Gasteiger partial charge in [-0.3, -0.25) is 14.4 Å². The summed E-state index contributed by atoms with van der Waals surface area (Å²) >= 11 is 0. The lowest BCUT2D eigenvalue weighted by atomic mass is 10.0. The SMILES string of the molecule is CCCCCCCCCCCCCCCCCCCCCC(=O)OC[C@@H](COC(=O)CCCCCCC)OC(=O)CCCCCCCCC(C)C. The highest BCUT2D eigenvalue weighted by Gasteiger charge is 2.19. The summed E-state index contributed by atoms with van der Waals surface area (Å²) in [6, 6.07) is 0. The zero-order valence-electron chi connectivity index (χ0n) is 34.6. The summed E-state index contributed by atoms with van der Waals surface area (Å²) in [4.78, 5) is 37.3. The number of carbonyl (C=O) groups is 3. The van der Waals surface area contributed by atoms with Gasteiger partial charge in [-0.2, -0.15) is 0 Å². The molecule has 51 heavy (non-hydrogen) atoms. The highest BCUT2D eigenvalue weighted by atomic mass is 16.6. The highest BCUT2D eigenvalue weighted by molar-refractivity contribution is 5.71. The van der Waals surface area contributed by atoms with Crippen molar-refractivity contribution in [2.75, 3.05) is 13.2 Å². The Morgan fingerprint density at radius 2 is 0.647 bits per heavy atom. The first-order chi connectivity index (χ1) is 24.9. The molecule has 1 atom stereocenters. The summed E-state index contributed by atoms with van der Waals surface area (Å²) in [7, 11) is 0. The van der Waals surface area contributed by atoms with Gasteiger partial charge >= 0.3 is 17.9 Å². The van der Waals surface area contributed by atoms with Crippen LogP contribution < -0.4 is 0 Å². The largest absolute Gasteiger partial charge is 0.462 e. The molecule has 0 rings (SSSR count). The summed E-state index contributed by atoms with van der Waals surface area (Å²) in [6.45, 7) is 8.84. The normalized spacial score (nSPS) is 11.9. The van der Waals surface area contributed by atoms with Crippen molar-refractivity contribution in [3.8, 4) is 0 Å². The van der Waals surface area contributed by atoms with E-state index >= 15 is 0 Å². The minimum absolute atomic E-state index is 0.0661. The molecule has 0 saturated carbocycles. The lowest BCUT2D eigenvalue weighted by Gasteiger charge is -2.18. The standard InChI is InChI=1S/C45H86O6/c1-5-7-9-11-12-13-14-15-16-17-18-19-20-21-22-23-24-29-33-37-44(47)50-40-42(39-49-43(46)36-32-27-10-8-6-2)51-45(48)38-34-30-26-25-28-31-35-41(3)4/h41-42H,5-40H2,1-4H3/t42-/m1/s1. The van der Waals surface area contributed by atoms with Crippen LogP contribution in [0.1, 0.15) is 246 Å². The van der Waals surface area contributed by atoms with Crippen molar-refractivity contribution in [1.29, 1.82) is 0 Å². The Kier molecular flexibility index (Phi) is 38.4. The predicted molar refractivity (Wildman–Crippen MR) is 215 cm³/mol. The van der Waals surface area contributed by atoms with Gasteiger partial charge in [0, 0.05) is 19.3 Å². The van der Waals surface area contributed by atoms with E-state index in [0.717, 1.165) is 70.1 Å². The van der Waals surface area contributed by atoms with E-state index in [1.165, 1.54) is 135 Å². The Hall–Kier alpha value is -1.59. The molecule has 0 saturated heterocycles. The van der Waals surface area contributed by atoms with E-state index in [2.05, 4.69) is 27.7 Å². The number of carbonyl (C=O) groups excluding carboxylic acids is 3. The molecule has 0 heterocycles. The third-order valence-electron chi connectivity index (χ3n) is 10.0. The first kappa shape index (κ1) is 49.4. The van der Waals surface area contributed by atoms with Gasteiger partial charge in [-0.1, -0.05) is 207 Å². The van der Waals surface area contributed by atoms with Gasteiger partial charge in [0.2, 0.25) is 0 Å². The van der Waals surface area contributed by atoms with Crippen molar-refractivity contribution >= 4 is 17.9 Å². The van der Waals surface area contributed by atoms with E-state index in [1.54, 1.807) is 0 Å². The van der Waals surface area contributed by atoms with Crippen LogP contribution in [-0.4, -0.2) is 37.2 Å². The Bertz CT molecular complexity index is 766. The molecule has 0 amide bonds. The van der Waals surface area contributed by atoms with E-state index in [4.69, 9.17) is 14.2 Å². The molecule has 0 radical (unpaired) electrons. The van der Waals surface area contributed by atoms with Crippen molar-refractivity contribution in [3.63, 3.8) is 0 Å². The summed E-state index contributed by atoms with van der Waals surface area (Å²) in [6.07, 6.45) is 38.5. The smallest absolute Gasteiger partial charge is 0.306 e. The fourth-order valence-electron chi connectivity index (χ4n) is 6.63. The number of unbranched alkanes of at least 4 members (excludes halogenated alkanes) is 27. The molecule has 0 aromatic heterocycles. The van der Waals surface area contributed by atoms with Crippen LogP contribution in [0.15, 0.2) is 0 Å². The molecular formula is C45H86O6. The average molecular weight is 723 g/mol. The minimum atomic E-state index is -0.758. The quantitative estimate of drug-likeness (QED) is 0.0356. The van der Waals surface area contributed by atoms with E-state index in [1.807, 2.05) is 0 Å². The molecule has 0 fully saturated rings. The van der Waals surface area contributed by atoms with E-state index in [0.29, 0.717) is 19.3 Å². The number of hydrogen-bond acceptors (Lipinski definition) is 6. The second-order valence-corrected chi connectivity index (χ2v) is 15.8. The summed E-state index contributed by atoms with van der Waals surface area (Å²) in [5.41, 5.74) is 0. The van der Waals surface area contributed by atoms with Gasteiger partial charge in [-0.25, -0.2) is 0 Å². The third-order valence-corrected chi connectivity index (χ3v) is 10.0. The molecule has 0 aromatic rings. The second kappa shape index (κ2) is 39.6. The average Bonchev–Trinajstić information content (AvgIpc) is 3.11. The molecule has 0 aliphatic carbocycles. The minimum Gasteiger partial charge on any atom is -0.462 e. The zero-order valence-corrected chi connectivity index (χ0v) is 34.6. The maximum absolute atomic E-state index is 12.6. The Labute approximate surface area is 317 Å². The topological polar surface area (TPSA) is 78.9 Å². The molecule has 0 unspecified atom stereocenters. The lowest BCUT2D eigenvalue weighted by Crippen LogP contribution is -2.30. The summed E-state index contributed by atoms with van der Waals surface area (Å²) in [5, 5.41) is 0. The van der Waals surface area contributed by atoms with Crippen molar-refractivity contribution in [2.24, 2.45) is 5.92 Å². The van der Waals surface area contributed by atoms with Crippen LogP contribution in [0.4, 0.5) is 0 Å². The van der Waals surface area contributed by atoms with Crippen LogP contribution in [0.5, 0.6) is 0 Å². The first-order valence-electron chi connectivity index (χ1n) is 22.4. The molecular weight excluding hydrogens is 636 g/mol. The molecule has 6 heteroatoms. The lowest BCUT2D eigenvalue weighted by molar-refractivity contribution is -0.167. The van der Waals surface area contributed by atoms with Gasteiger partial charge in [-0.15, -0.1) is 0 Å². The monoisotopic (exact) mass is 723 g/mol. The molecule has 0 bridgehead atoms. The van der Waals surface area contributed by atoms with Crippen LogP contribution in [0.25, 0.3) is 0 Å². The highest BCUT2D eigenvalue weighted by Crippen LogP contribution is 2.16. The Morgan fingerprint density at radius 1 is 0.373 bits per heavy atom. The molecule has 0 aromatic carbocycles. The van der Waals surface area contributed by atoms with Crippen LogP contribution in [0, 0.1) is 5.92 Å². The molecule has 0 N–H and O–H groups in total. The molecule has 0 aliphatic heterocycles. The number of rotatable bonds is 40. The van der Waals surface area contributed by atoms with E-state index in [9.17, 15) is 14.4 Å². The number of hydrogen-bond donors (Lipinski definition) is 0. The summed E-state index contributed by atoms with van der Waals surface area (Å²) in [5.74, 6) is -0.117. The van der Waals surface area contributed by atoms with Crippen molar-refractivity contribution in [3.05, 3.63) is 0 Å². The molecule has 302 valence electrons. The fourth-order valence-corrected chi connectivity index (χ4v) is 6.63. The van der Waals surface area contributed by atoms with Crippen LogP contribution in [-0.2, 0) is 28.6 Å². The van der Waals surface area contributed by atoms with Crippen LogP contribution >= 0.6 is 0 Å². The van der Waals surface area contributed by atoms with Gasteiger partial charge in [0.15, 0.2) is 6.10 Å². The maximum Gasteiger partial charge on any atom is 0.306 e. The van der Waals surface area contributed by atoms with Crippen molar-refractivity contribution in [1.82, 2.24) is 0 Å². The molecule has 0 aliphatic rings. The number of esters is 3. The van der Waals surface area contributed by atoms with Gasteiger partial charge in [-0.05, 0) is 25.2 Å². The van der Waals surface area contributed by atoms with Gasteiger partial charge in [0.05, 0.1) is 0 Å². The van der Waals surface area contributed by atoms with Crippen LogP contribution in [0.2, 0.25) is 0 Å². The van der Waals surface area contributed by atoms with Crippen molar-refractivity contribution in [2.45, 2.75) is 252 Å². The van der Waals surface area contributed by atoms with Gasteiger partial charge in [0.1, 0.15) is 13.2 Å². The van der Waals surface area contributed by atoms with E-state index < -0.39 is 6.10 Å². The van der Waals surface area contributed by atoms with Crippen molar-refractivity contribution < 1.29 is 28.6 Å². The second-order valence-electron chi connectivity index (χ2n) is 15.8. The fraction of sp³-hybridized carbons (Fsp3) is 0.933. The third kappa shape index (κ3) is 39.5. The predicted octanol–water partition coefficient (Wildman–Crippen LogP) is 13.9. The maximum atomic E-state index is 12.6. The Balaban J connectivity index is 4.07. The van der Waals surface area contributed by atoms with Crippen LogP contribution in [0.3, 0.4) is 0 Å². The number of ether oxygens (including phenoxy) is 3. The van der Waals surface area contributed by atoms with Gasteiger partial charge < -0.3 is 14.2 Å². The zero-order chi connectivity index (χ0) is 37.5. The molecule has 0 spiro atoms. The first-order valence-corrected chi connectivity index (χ1v) is 22.4. The Morgan fingerprint density at radius 3 is 0.961 bits per heavy atom. The van der Waals surface area contributed by atoms with E-state index in [-0.39, 0.29) is 31.1 Å². The summed E-state index contributed by atoms with van der Waals surface area (Å²) < 4.78 is 16.6. The molecule has 6 nitrogen and oxygen atoms in total.